The number of halogens is 1. The third kappa shape index (κ3) is 4.34. The van der Waals surface area contributed by atoms with Gasteiger partial charge in [0, 0.05) is 17.0 Å². The van der Waals surface area contributed by atoms with E-state index in [0.29, 0.717) is 17.2 Å². The molecule has 0 unspecified atom stereocenters. The van der Waals surface area contributed by atoms with Crippen molar-refractivity contribution in [3.63, 3.8) is 0 Å². The van der Waals surface area contributed by atoms with Crippen LogP contribution in [0.3, 0.4) is 0 Å². The summed E-state index contributed by atoms with van der Waals surface area (Å²) < 4.78 is 11.4. The number of benzene rings is 1. The number of thiophene rings is 1. The first-order chi connectivity index (χ1) is 10.1. The molecule has 0 spiro atoms. The maximum atomic E-state index is 12.0. The van der Waals surface area contributed by atoms with E-state index in [1.165, 1.54) is 6.08 Å². The van der Waals surface area contributed by atoms with E-state index < -0.39 is 0 Å². The molecule has 110 valence electrons. The zero-order valence-corrected chi connectivity index (χ0v) is 14.0. The molecule has 0 saturated carbocycles. The highest BCUT2D eigenvalue weighted by Gasteiger charge is 2.07. The molecular formula is C15H14BrNO3S. The Kier molecular flexibility index (Phi) is 5.41. The van der Waals surface area contributed by atoms with E-state index in [1.807, 2.05) is 12.1 Å². The molecule has 1 heterocycles. The van der Waals surface area contributed by atoms with E-state index in [9.17, 15) is 4.79 Å². The highest BCUT2D eigenvalue weighted by molar-refractivity contribution is 9.11. The Morgan fingerprint density at radius 3 is 2.67 bits per heavy atom. The normalized spacial score (nSPS) is 10.6. The van der Waals surface area contributed by atoms with Gasteiger partial charge >= 0.3 is 0 Å². The van der Waals surface area contributed by atoms with Gasteiger partial charge in [0.2, 0.25) is 5.91 Å². The monoisotopic (exact) mass is 367 g/mol. The van der Waals surface area contributed by atoms with Crippen LogP contribution in [0.2, 0.25) is 0 Å². The molecule has 0 atom stereocenters. The second kappa shape index (κ2) is 7.28. The molecule has 0 saturated heterocycles. The number of rotatable bonds is 5. The van der Waals surface area contributed by atoms with Gasteiger partial charge in [-0.15, -0.1) is 11.3 Å². The van der Waals surface area contributed by atoms with E-state index in [0.717, 1.165) is 8.66 Å². The van der Waals surface area contributed by atoms with Gasteiger partial charge in [-0.05, 0) is 46.3 Å². The van der Waals surface area contributed by atoms with Gasteiger partial charge in [-0.25, -0.2) is 0 Å². The molecule has 4 nitrogen and oxygen atoms in total. The fraction of sp³-hybridized carbons (Fsp3) is 0.133. The van der Waals surface area contributed by atoms with Crippen LogP contribution in [0.25, 0.3) is 6.08 Å². The summed E-state index contributed by atoms with van der Waals surface area (Å²) in [7, 11) is 3.12. The van der Waals surface area contributed by atoms with Crippen LogP contribution < -0.4 is 14.8 Å². The summed E-state index contributed by atoms with van der Waals surface area (Å²) in [4.78, 5) is 13.0. The Hall–Kier alpha value is -1.79. The third-order valence-corrected chi connectivity index (χ3v) is 4.25. The average molecular weight is 368 g/mol. The second-order valence-corrected chi connectivity index (χ2v) is 6.53. The van der Waals surface area contributed by atoms with Crippen molar-refractivity contribution in [2.75, 3.05) is 19.5 Å². The summed E-state index contributed by atoms with van der Waals surface area (Å²) in [5.74, 6) is 1.000. The summed E-state index contributed by atoms with van der Waals surface area (Å²) in [5, 5.41) is 2.78. The molecule has 1 aromatic carbocycles. The first kappa shape index (κ1) is 15.6. The van der Waals surface area contributed by atoms with Crippen molar-refractivity contribution >= 4 is 44.9 Å². The number of amides is 1. The maximum absolute atomic E-state index is 12.0. The number of methoxy groups -OCH3 is 2. The lowest BCUT2D eigenvalue weighted by molar-refractivity contribution is -0.111. The Bertz CT molecular complexity index is 667. The summed E-state index contributed by atoms with van der Waals surface area (Å²) in [5.41, 5.74) is 0.568. The van der Waals surface area contributed by atoms with Crippen LogP contribution in [-0.2, 0) is 4.79 Å². The molecule has 0 aliphatic heterocycles. The van der Waals surface area contributed by atoms with Crippen molar-refractivity contribution in [2.45, 2.75) is 0 Å². The van der Waals surface area contributed by atoms with E-state index in [4.69, 9.17) is 9.47 Å². The van der Waals surface area contributed by atoms with Crippen LogP contribution in [0.15, 0.2) is 40.2 Å². The highest BCUT2D eigenvalue weighted by Crippen LogP contribution is 2.29. The molecule has 1 aromatic heterocycles. The standard InChI is InChI=1S/C15H14BrNO3S/c1-19-10-3-6-13(20-2)12(9-10)17-15(18)8-5-11-4-7-14(16)21-11/h3-9H,1-2H3,(H,17,18)/b8-5+. The zero-order chi connectivity index (χ0) is 15.2. The zero-order valence-electron chi connectivity index (χ0n) is 11.6. The number of anilines is 1. The van der Waals surface area contributed by atoms with E-state index in [2.05, 4.69) is 21.2 Å². The van der Waals surface area contributed by atoms with Gasteiger partial charge in [-0.2, -0.15) is 0 Å². The van der Waals surface area contributed by atoms with E-state index in [1.54, 1.807) is 49.8 Å². The Labute approximate surface area is 135 Å². The fourth-order valence-corrected chi connectivity index (χ4v) is 2.99. The Morgan fingerprint density at radius 2 is 2.05 bits per heavy atom. The second-order valence-electron chi connectivity index (χ2n) is 4.03. The molecule has 0 radical (unpaired) electrons. The smallest absolute Gasteiger partial charge is 0.248 e. The van der Waals surface area contributed by atoms with Gasteiger partial charge in [0.15, 0.2) is 0 Å². The van der Waals surface area contributed by atoms with Crippen LogP contribution in [0.1, 0.15) is 4.88 Å². The molecule has 0 fully saturated rings. The van der Waals surface area contributed by atoms with Crippen molar-refractivity contribution in [3.8, 4) is 11.5 Å². The number of hydrogen-bond acceptors (Lipinski definition) is 4. The third-order valence-electron chi connectivity index (χ3n) is 2.66. The molecule has 2 rings (SSSR count). The van der Waals surface area contributed by atoms with Gasteiger partial charge in [0.1, 0.15) is 11.5 Å². The maximum Gasteiger partial charge on any atom is 0.248 e. The van der Waals surface area contributed by atoms with Gasteiger partial charge in [-0.1, -0.05) is 0 Å². The number of ether oxygens (including phenoxy) is 2. The highest BCUT2D eigenvalue weighted by atomic mass is 79.9. The number of carbonyl (C=O) groups is 1. The summed E-state index contributed by atoms with van der Waals surface area (Å²) in [6, 6.07) is 9.10. The largest absolute Gasteiger partial charge is 0.497 e. The lowest BCUT2D eigenvalue weighted by atomic mass is 10.2. The van der Waals surface area contributed by atoms with Gasteiger partial charge in [0.05, 0.1) is 23.7 Å². The minimum atomic E-state index is -0.230. The summed E-state index contributed by atoms with van der Waals surface area (Å²) in [6.45, 7) is 0. The number of carbonyl (C=O) groups excluding carboxylic acids is 1. The van der Waals surface area contributed by atoms with Gasteiger partial charge in [-0.3, -0.25) is 4.79 Å². The number of hydrogen-bond donors (Lipinski definition) is 1. The lowest BCUT2D eigenvalue weighted by Gasteiger charge is -2.10. The van der Waals surface area contributed by atoms with Crippen LogP contribution >= 0.6 is 27.3 Å². The fourth-order valence-electron chi connectivity index (χ4n) is 1.66. The van der Waals surface area contributed by atoms with E-state index in [-0.39, 0.29) is 5.91 Å². The minimum absolute atomic E-state index is 0.230. The quantitative estimate of drug-likeness (QED) is 0.806. The summed E-state index contributed by atoms with van der Waals surface area (Å²) >= 11 is 4.94. The van der Waals surface area contributed by atoms with Crippen molar-refractivity contribution in [1.29, 1.82) is 0 Å². The molecule has 6 heteroatoms. The first-order valence-corrected chi connectivity index (χ1v) is 7.69. The average Bonchev–Trinajstić information content (AvgIpc) is 2.90. The molecule has 0 aliphatic rings. The molecule has 1 amide bonds. The molecule has 2 aromatic rings. The van der Waals surface area contributed by atoms with Crippen molar-refractivity contribution < 1.29 is 14.3 Å². The Morgan fingerprint density at radius 1 is 1.24 bits per heavy atom. The predicted molar refractivity (Wildman–Crippen MR) is 89.2 cm³/mol. The molecular weight excluding hydrogens is 354 g/mol. The van der Waals surface area contributed by atoms with Crippen molar-refractivity contribution in [2.24, 2.45) is 0 Å². The van der Waals surface area contributed by atoms with E-state index >= 15 is 0 Å². The van der Waals surface area contributed by atoms with Crippen LogP contribution in [0.5, 0.6) is 11.5 Å². The number of nitrogens with one attached hydrogen (secondary N) is 1. The lowest BCUT2D eigenvalue weighted by Crippen LogP contribution is -2.09. The minimum Gasteiger partial charge on any atom is -0.497 e. The first-order valence-electron chi connectivity index (χ1n) is 6.09. The summed E-state index contributed by atoms with van der Waals surface area (Å²) in [6.07, 6.45) is 3.24. The van der Waals surface area contributed by atoms with Crippen LogP contribution in [-0.4, -0.2) is 20.1 Å². The molecule has 0 aliphatic carbocycles. The topological polar surface area (TPSA) is 47.6 Å². The van der Waals surface area contributed by atoms with Crippen LogP contribution in [0.4, 0.5) is 5.69 Å². The SMILES string of the molecule is COc1ccc(OC)c(NC(=O)/C=C/c2ccc(Br)s2)c1. The van der Waals surface area contributed by atoms with Crippen LogP contribution in [0, 0.1) is 0 Å². The predicted octanol–water partition coefficient (Wildman–Crippen LogP) is 4.18. The molecule has 0 bridgehead atoms. The van der Waals surface area contributed by atoms with Gasteiger partial charge in [0.25, 0.3) is 0 Å². The van der Waals surface area contributed by atoms with Crippen molar-refractivity contribution in [3.05, 3.63) is 45.1 Å². The Balaban J connectivity index is 2.10. The van der Waals surface area contributed by atoms with Crippen molar-refractivity contribution in [1.82, 2.24) is 0 Å². The van der Waals surface area contributed by atoms with Gasteiger partial charge < -0.3 is 14.8 Å². The molecule has 21 heavy (non-hydrogen) atoms. The molecule has 1 N–H and O–H groups in total.